The van der Waals surface area contributed by atoms with Crippen LogP contribution in [0.2, 0.25) is 0 Å². The Labute approximate surface area is 99.4 Å². The van der Waals surface area contributed by atoms with Crippen LogP contribution < -0.4 is 0 Å². The summed E-state index contributed by atoms with van der Waals surface area (Å²) >= 11 is 0.875. The molecule has 0 aromatic heterocycles. The Morgan fingerprint density at radius 2 is 1.94 bits per heavy atom. The van der Waals surface area contributed by atoms with Crippen LogP contribution in [0.15, 0.2) is 0 Å². The molecule has 5 nitrogen and oxygen atoms in total. The van der Waals surface area contributed by atoms with Crippen LogP contribution in [0, 0.1) is 5.92 Å². The van der Waals surface area contributed by atoms with Gasteiger partial charge in [-0.3, -0.25) is 9.35 Å². The fourth-order valence-corrected chi connectivity index (χ4v) is 3.61. The first-order valence-electron chi connectivity index (χ1n) is 5.20. The van der Waals surface area contributed by atoms with Gasteiger partial charge in [0, 0.05) is 5.75 Å². The van der Waals surface area contributed by atoms with Gasteiger partial charge in [0.2, 0.25) is 0 Å². The molecule has 0 heterocycles. The summed E-state index contributed by atoms with van der Waals surface area (Å²) in [7, 11) is -4.00. The van der Waals surface area contributed by atoms with Crippen LogP contribution in [0.25, 0.3) is 0 Å². The summed E-state index contributed by atoms with van der Waals surface area (Å²) in [6.45, 7) is 0. The summed E-state index contributed by atoms with van der Waals surface area (Å²) in [5, 5.41) is 9.43. The molecule has 1 rings (SSSR count). The quantitative estimate of drug-likeness (QED) is 0.729. The maximum Gasteiger partial charge on any atom is 0.265 e. The molecule has 0 spiro atoms. The summed E-state index contributed by atoms with van der Waals surface area (Å²) in [5.74, 6) is -0.757. The molecule has 1 aliphatic carbocycles. The molecule has 1 saturated carbocycles. The Hall–Kier alpha value is -0.110. The highest BCUT2D eigenvalue weighted by Gasteiger charge is 2.29. The lowest BCUT2D eigenvalue weighted by molar-refractivity contribution is -0.119. The maximum atomic E-state index is 11.6. The van der Waals surface area contributed by atoms with Gasteiger partial charge >= 0.3 is 0 Å². The van der Waals surface area contributed by atoms with Crippen molar-refractivity contribution in [1.82, 2.24) is 0 Å². The van der Waals surface area contributed by atoms with Crippen LogP contribution in [-0.4, -0.2) is 40.8 Å². The molecule has 0 aliphatic heterocycles. The molecule has 16 heavy (non-hydrogen) atoms. The Morgan fingerprint density at radius 3 is 2.50 bits per heavy atom. The van der Waals surface area contributed by atoms with Crippen molar-refractivity contribution in [2.75, 3.05) is 11.5 Å². The average Bonchev–Trinajstić information content (AvgIpc) is 2.16. The van der Waals surface area contributed by atoms with Gasteiger partial charge < -0.3 is 5.11 Å². The van der Waals surface area contributed by atoms with Gasteiger partial charge in [0.25, 0.3) is 10.1 Å². The third-order valence-corrected chi connectivity index (χ3v) is 4.59. The first-order chi connectivity index (χ1) is 7.40. The second-order valence-electron chi connectivity index (χ2n) is 3.91. The predicted octanol–water partition coefficient (Wildman–Crippen LogP) is 0.685. The minimum Gasteiger partial charge on any atom is -0.392 e. The highest BCUT2D eigenvalue weighted by atomic mass is 32.2. The number of thioether (sulfide) groups is 1. The first kappa shape index (κ1) is 14.0. The Balaban J connectivity index is 2.34. The lowest BCUT2D eigenvalue weighted by Crippen LogP contribution is -2.30. The topological polar surface area (TPSA) is 91.7 Å². The van der Waals surface area contributed by atoms with Crippen LogP contribution in [0.4, 0.5) is 0 Å². The van der Waals surface area contributed by atoms with E-state index < -0.39 is 22.0 Å². The second kappa shape index (κ2) is 6.00. The van der Waals surface area contributed by atoms with Crippen molar-refractivity contribution in [3.05, 3.63) is 0 Å². The molecule has 0 bridgehead atoms. The van der Waals surface area contributed by atoms with Crippen molar-refractivity contribution in [3.8, 4) is 0 Å². The van der Waals surface area contributed by atoms with Crippen LogP contribution >= 0.6 is 11.8 Å². The van der Waals surface area contributed by atoms with Crippen molar-refractivity contribution < 1.29 is 22.9 Å². The molecule has 2 N–H and O–H groups in total. The molecular formula is C9H16O5S2. The fraction of sp³-hybridized carbons (Fsp3) is 0.889. The Kier molecular flexibility index (Phi) is 5.23. The number of aliphatic hydroxyl groups is 1. The van der Waals surface area contributed by atoms with E-state index in [1.165, 1.54) is 0 Å². The van der Waals surface area contributed by atoms with Crippen LogP contribution in [0.5, 0.6) is 0 Å². The summed E-state index contributed by atoms with van der Waals surface area (Å²) in [4.78, 5) is 11.6. The predicted molar refractivity (Wildman–Crippen MR) is 61.8 cm³/mol. The number of carbonyl (C=O) groups excluding carboxylic acids is 1. The summed E-state index contributed by atoms with van der Waals surface area (Å²) in [6.07, 6.45) is 2.56. The summed E-state index contributed by atoms with van der Waals surface area (Å²) in [5.41, 5.74) is 0. The van der Waals surface area contributed by atoms with Gasteiger partial charge in [-0.15, -0.1) is 0 Å². The summed E-state index contributed by atoms with van der Waals surface area (Å²) in [6, 6.07) is 0. The van der Waals surface area contributed by atoms with Gasteiger partial charge in [0.05, 0.1) is 17.8 Å². The van der Waals surface area contributed by atoms with E-state index in [0.717, 1.165) is 24.6 Å². The Bertz CT molecular complexity index is 338. The zero-order valence-corrected chi connectivity index (χ0v) is 10.5. The number of carbonyl (C=O) groups is 1. The minimum absolute atomic E-state index is 0.0425. The monoisotopic (exact) mass is 268 g/mol. The lowest BCUT2D eigenvalue weighted by atomic mass is 9.87. The molecule has 1 aliphatic rings. The van der Waals surface area contributed by atoms with Gasteiger partial charge in [0.15, 0.2) is 5.12 Å². The minimum atomic E-state index is -4.00. The lowest BCUT2D eigenvalue weighted by Gasteiger charge is -2.25. The molecule has 0 aromatic rings. The van der Waals surface area contributed by atoms with Gasteiger partial charge in [-0.2, -0.15) is 8.42 Å². The third-order valence-electron chi connectivity index (χ3n) is 2.62. The van der Waals surface area contributed by atoms with Gasteiger partial charge in [-0.25, -0.2) is 0 Å². The van der Waals surface area contributed by atoms with Crippen molar-refractivity contribution >= 4 is 27.0 Å². The normalized spacial score (nSPS) is 26.6. The second-order valence-corrected chi connectivity index (χ2v) is 6.58. The largest absolute Gasteiger partial charge is 0.392 e. The van der Waals surface area contributed by atoms with Crippen molar-refractivity contribution in [2.45, 2.75) is 31.8 Å². The van der Waals surface area contributed by atoms with Gasteiger partial charge in [-0.05, 0) is 12.8 Å². The van der Waals surface area contributed by atoms with E-state index in [1.54, 1.807) is 0 Å². The maximum absolute atomic E-state index is 11.6. The fourth-order valence-electron chi connectivity index (χ4n) is 1.74. The molecular weight excluding hydrogens is 252 g/mol. The van der Waals surface area contributed by atoms with Crippen molar-refractivity contribution in [2.24, 2.45) is 5.92 Å². The highest BCUT2D eigenvalue weighted by Crippen LogP contribution is 2.28. The van der Waals surface area contributed by atoms with E-state index in [0.29, 0.717) is 12.8 Å². The Morgan fingerprint density at radius 1 is 1.31 bits per heavy atom. The van der Waals surface area contributed by atoms with E-state index in [1.807, 2.05) is 0 Å². The van der Waals surface area contributed by atoms with Crippen LogP contribution in [0.1, 0.15) is 25.7 Å². The zero-order valence-electron chi connectivity index (χ0n) is 8.83. The van der Waals surface area contributed by atoms with Crippen LogP contribution in [-0.2, 0) is 14.9 Å². The molecule has 94 valence electrons. The third kappa shape index (κ3) is 4.82. The number of hydrogen-bond donors (Lipinski definition) is 2. The molecule has 0 amide bonds. The van der Waals surface area contributed by atoms with E-state index in [-0.39, 0.29) is 16.8 Å². The molecule has 2 unspecified atom stereocenters. The number of rotatable bonds is 4. The zero-order chi connectivity index (χ0) is 12.2. The molecule has 1 fully saturated rings. The van der Waals surface area contributed by atoms with E-state index >= 15 is 0 Å². The molecule has 7 heteroatoms. The van der Waals surface area contributed by atoms with Gasteiger partial charge in [0.1, 0.15) is 0 Å². The van der Waals surface area contributed by atoms with Crippen LogP contribution in [0.3, 0.4) is 0 Å². The molecule has 0 aromatic carbocycles. The van der Waals surface area contributed by atoms with Gasteiger partial charge in [-0.1, -0.05) is 24.6 Å². The smallest absolute Gasteiger partial charge is 0.265 e. The molecule has 2 atom stereocenters. The first-order valence-corrected chi connectivity index (χ1v) is 7.79. The number of hydrogen-bond acceptors (Lipinski definition) is 5. The standard InChI is InChI=1S/C9H16O5S2/c10-8-4-2-1-3-7(8)9(11)15-5-6-16(12,13)14/h7-8,10H,1-6H2,(H,12,13,14). The highest BCUT2D eigenvalue weighted by molar-refractivity contribution is 8.14. The van der Waals surface area contributed by atoms with E-state index in [4.69, 9.17) is 4.55 Å². The summed E-state index contributed by atoms with van der Waals surface area (Å²) < 4.78 is 29.4. The number of aliphatic hydroxyl groups excluding tert-OH is 1. The average molecular weight is 268 g/mol. The van der Waals surface area contributed by atoms with Crippen molar-refractivity contribution in [1.29, 1.82) is 0 Å². The molecule has 0 radical (unpaired) electrons. The van der Waals surface area contributed by atoms with E-state index in [9.17, 15) is 18.3 Å². The SMILES string of the molecule is O=C(SCCS(=O)(=O)O)C1CCCCC1O. The molecule has 0 saturated heterocycles. The van der Waals surface area contributed by atoms with E-state index in [2.05, 4.69) is 0 Å². The van der Waals surface area contributed by atoms with Crippen molar-refractivity contribution in [3.63, 3.8) is 0 Å².